The molecule has 0 aromatic heterocycles. The second kappa shape index (κ2) is 13.9. The van der Waals surface area contributed by atoms with Gasteiger partial charge < -0.3 is 28.8 Å². The van der Waals surface area contributed by atoms with E-state index in [1.807, 2.05) is 54.6 Å². The smallest absolute Gasteiger partial charge is 0.303 e. The van der Waals surface area contributed by atoms with Crippen LogP contribution in [-0.4, -0.2) is 61.5 Å². The Morgan fingerprint density at radius 1 is 1.11 bits per heavy atom. The van der Waals surface area contributed by atoms with Crippen LogP contribution in [0.2, 0.25) is 0 Å². The molecule has 1 N–H and O–H groups in total. The van der Waals surface area contributed by atoms with Crippen molar-refractivity contribution in [2.45, 2.75) is 69.5 Å². The normalized spacial score (nSPS) is 27.8. The van der Waals surface area contributed by atoms with Crippen molar-refractivity contribution >= 4 is 11.8 Å². The highest BCUT2D eigenvalue weighted by Crippen LogP contribution is 2.38. The molecule has 8 heteroatoms. The first kappa shape index (κ1) is 27.5. The van der Waals surface area contributed by atoms with Gasteiger partial charge in [-0.3, -0.25) is 9.59 Å². The maximum absolute atomic E-state index is 13.1. The van der Waals surface area contributed by atoms with Crippen molar-refractivity contribution in [3.8, 4) is 5.75 Å². The maximum atomic E-state index is 13.1. The molecule has 2 heterocycles. The molecule has 4 atom stereocenters. The van der Waals surface area contributed by atoms with Crippen LogP contribution in [0.4, 0.5) is 0 Å². The van der Waals surface area contributed by atoms with Gasteiger partial charge >= 0.3 is 5.97 Å². The van der Waals surface area contributed by atoms with E-state index in [1.54, 1.807) is 0 Å². The number of rotatable bonds is 13. The molecule has 1 aliphatic carbocycles. The molecular formula is C29H38O8. The van der Waals surface area contributed by atoms with Gasteiger partial charge in [0.2, 0.25) is 5.79 Å². The highest BCUT2D eigenvalue weighted by atomic mass is 16.8. The first-order valence-electron chi connectivity index (χ1n) is 13.4. The van der Waals surface area contributed by atoms with Crippen molar-refractivity contribution in [2.75, 3.05) is 26.4 Å². The van der Waals surface area contributed by atoms with Gasteiger partial charge in [-0.1, -0.05) is 36.4 Å². The van der Waals surface area contributed by atoms with E-state index in [2.05, 4.69) is 0 Å². The Labute approximate surface area is 218 Å². The molecule has 2 saturated heterocycles. The molecule has 1 saturated carbocycles. The summed E-state index contributed by atoms with van der Waals surface area (Å²) in [5.41, 5.74) is 0. The molecule has 0 amide bonds. The van der Waals surface area contributed by atoms with Gasteiger partial charge in [0, 0.05) is 31.3 Å². The Balaban J connectivity index is 1.45. The van der Waals surface area contributed by atoms with Gasteiger partial charge in [-0.15, -0.1) is 0 Å². The van der Waals surface area contributed by atoms with Crippen molar-refractivity contribution < 1.29 is 38.4 Å². The zero-order chi connectivity index (χ0) is 25.9. The lowest BCUT2D eigenvalue weighted by atomic mass is 9.90. The standard InChI is InChI=1S/C29H38O8/c30-25-20-26(37-28-14-8-9-17-33-28)24(23(25)12-6-1-2-7-13-27(31)32)15-16-29(35-18-19-36-29)21-34-22-10-4-3-5-11-22/h1,3-6,10-11,15-16,23-24,26,28H,2,7-9,12-14,17-21H2,(H,31,32)/b6-1-,16-15+/t23-,24-,26-,28?/m1/s1. The largest absolute Gasteiger partial charge is 0.488 e. The second-order valence-electron chi connectivity index (χ2n) is 9.79. The predicted molar refractivity (Wildman–Crippen MR) is 136 cm³/mol. The lowest BCUT2D eigenvalue weighted by molar-refractivity contribution is -0.192. The van der Waals surface area contributed by atoms with Crippen LogP contribution >= 0.6 is 0 Å². The fraction of sp³-hybridized carbons (Fsp3) is 0.586. The third kappa shape index (κ3) is 8.23. The molecular weight excluding hydrogens is 476 g/mol. The van der Waals surface area contributed by atoms with Gasteiger partial charge in [-0.2, -0.15) is 0 Å². The van der Waals surface area contributed by atoms with Crippen LogP contribution in [0.1, 0.15) is 51.4 Å². The van der Waals surface area contributed by atoms with E-state index in [0.717, 1.165) is 25.0 Å². The van der Waals surface area contributed by atoms with Crippen molar-refractivity contribution in [2.24, 2.45) is 11.8 Å². The first-order valence-corrected chi connectivity index (χ1v) is 13.4. The zero-order valence-electron chi connectivity index (χ0n) is 21.3. The van der Waals surface area contributed by atoms with Crippen molar-refractivity contribution in [1.82, 2.24) is 0 Å². The summed E-state index contributed by atoms with van der Waals surface area (Å²) in [6.07, 6.45) is 12.5. The SMILES string of the molecule is O=C(O)CCC/C=C\C[C@H]1C(=O)C[C@@H](OC2CCCCO2)[C@@H]1/C=C/C1(COc2ccccc2)OCCO1. The van der Waals surface area contributed by atoms with E-state index in [1.165, 1.54) is 0 Å². The molecule has 1 aromatic rings. The summed E-state index contributed by atoms with van der Waals surface area (Å²) in [5, 5.41) is 8.82. The third-order valence-corrected chi connectivity index (χ3v) is 7.02. The van der Waals surface area contributed by atoms with Crippen LogP contribution in [-0.2, 0) is 28.5 Å². The fourth-order valence-electron chi connectivity index (χ4n) is 5.05. The first-order chi connectivity index (χ1) is 18.0. The maximum Gasteiger partial charge on any atom is 0.303 e. The van der Waals surface area contributed by atoms with Gasteiger partial charge in [-0.05, 0) is 56.7 Å². The van der Waals surface area contributed by atoms with Gasteiger partial charge in [0.25, 0.3) is 0 Å². The van der Waals surface area contributed by atoms with Crippen LogP contribution in [0.25, 0.3) is 0 Å². The molecule has 202 valence electrons. The number of hydrogen-bond donors (Lipinski definition) is 1. The number of ether oxygens (including phenoxy) is 5. The van der Waals surface area contributed by atoms with Crippen LogP contribution < -0.4 is 4.74 Å². The number of benzene rings is 1. The number of carbonyl (C=O) groups is 2. The molecule has 2 aliphatic heterocycles. The lowest BCUT2D eigenvalue weighted by Crippen LogP contribution is -2.36. The Kier molecular flexibility index (Phi) is 10.3. The molecule has 1 aromatic carbocycles. The molecule has 8 nitrogen and oxygen atoms in total. The van der Waals surface area contributed by atoms with Crippen LogP contribution in [0.15, 0.2) is 54.6 Å². The van der Waals surface area contributed by atoms with E-state index in [9.17, 15) is 9.59 Å². The molecule has 1 unspecified atom stereocenters. The number of carbonyl (C=O) groups excluding carboxylic acids is 1. The summed E-state index contributed by atoms with van der Waals surface area (Å²) < 4.78 is 30.0. The molecule has 0 bridgehead atoms. The number of carboxylic acids is 1. The Hall–Kier alpha value is -2.52. The van der Waals surface area contributed by atoms with Gasteiger partial charge in [0.05, 0.1) is 19.3 Å². The summed E-state index contributed by atoms with van der Waals surface area (Å²) in [5.74, 6) is -1.33. The van der Waals surface area contributed by atoms with E-state index < -0.39 is 11.8 Å². The zero-order valence-corrected chi connectivity index (χ0v) is 21.3. The number of ketones is 1. The van der Waals surface area contributed by atoms with Gasteiger partial charge in [0.15, 0.2) is 6.29 Å². The number of allylic oxidation sites excluding steroid dienone is 2. The van der Waals surface area contributed by atoms with E-state index in [4.69, 9.17) is 28.8 Å². The topological polar surface area (TPSA) is 101 Å². The van der Waals surface area contributed by atoms with Gasteiger partial charge in [0.1, 0.15) is 18.1 Å². The van der Waals surface area contributed by atoms with Gasteiger partial charge in [-0.25, -0.2) is 0 Å². The fourth-order valence-corrected chi connectivity index (χ4v) is 5.05. The summed E-state index contributed by atoms with van der Waals surface area (Å²) in [4.78, 5) is 23.8. The predicted octanol–water partition coefficient (Wildman–Crippen LogP) is 4.68. The summed E-state index contributed by atoms with van der Waals surface area (Å²) in [6.45, 7) is 1.80. The Morgan fingerprint density at radius 2 is 1.92 bits per heavy atom. The summed E-state index contributed by atoms with van der Waals surface area (Å²) >= 11 is 0. The lowest BCUT2D eigenvalue weighted by Gasteiger charge is -2.29. The Bertz CT molecular complexity index is 915. The highest BCUT2D eigenvalue weighted by Gasteiger charge is 2.44. The van der Waals surface area contributed by atoms with E-state index in [-0.39, 0.29) is 43.0 Å². The number of para-hydroxylation sites is 1. The second-order valence-corrected chi connectivity index (χ2v) is 9.79. The number of Topliss-reactive ketones (excluding diaryl/α,β-unsaturated/α-hetero) is 1. The number of hydrogen-bond acceptors (Lipinski definition) is 7. The van der Waals surface area contributed by atoms with E-state index >= 15 is 0 Å². The number of aliphatic carboxylic acids is 1. The van der Waals surface area contributed by atoms with Crippen molar-refractivity contribution in [1.29, 1.82) is 0 Å². The van der Waals surface area contributed by atoms with Crippen LogP contribution in [0.3, 0.4) is 0 Å². The molecule has 4 rings (SSSR count). The highest BCUT2D eigenvalue weighted by molar-refractivity contribution is 5.85. The molecule has 0 spiro atoms. The Morgan fingerprint density at radius 3 is 2.65 bits per heavy atom. The average molecular weight is 515 g/mol. The number of unbranched alkanes of at least 4 members (excludes halogenated alkanes) is 1. The molecule has 37 heavy (non-hydrogen) atoms. The minimum absolute atomic E-state index is 0.141. The quantitative estimate of drug-likeness (QED) is 0.299. The average Bonchev–Trinajstić information content (AvgIpc) is 3.49. The molecule has 3 aliphatic rings. The number of carboxylic acid groups (broad SMARTS) is 1. The van der Waals surface area contributed by atoms with Crippen molar-refractivity contribution in [3.63, 3.8) is 0 Å². The van der Waals surface area contributed by atoms with Crippen LogP contribution in [0.5, 0.6) is 5.75 Å². The van der Waals surface area contributed by atoms with Crippen LogP contribution in [0, 0.1) is 11.8 Å². The summed E-state index contributed by atoms with van der Waals surface area (Å²) in [7, 11) is 0. The minimum Gasteiger partial charge on any atom is -0.488 e. The molecule has 0 radical (unpaired) electrons. The van der Waals surface area contributed by atoms with Crippen molar-refractivity contribution in [3.05, 3.63) is 54.6 Å². The molecule has 3 fully saturated rings. The third-order valence-electron chi connectivity index (χ3n) is 7.02. The minimum atomic E-state index is -1.02. The monoisotopic (exact) mass is 514 g/mol. The summed E-state index contributed by atoms with van der Waals surface area (Å²) in [6, 6.07) is 9.52. The van der Waals surface area contributed by atoms with E-state index in [0.29, 0.717) is 45.5 Å².